The lowest BCUT2D eigenvalue weighted by molar-refractivity contribution is -0.142. The molecule has 3 N–H and O–H groups in total. The third-order valence-electron chi connectivity index (χ3n) is 2.27. The third-order valence-corrected chi connectivity index (χ3v) is 2.96. The summed E-state index contributed by atoms with van der Waals surface area (Å²) < 4.78 is 0. The third kappa shape index (κ3) is 5.13. The van der Waals surface area contributed by atoms with Gasteiger partial charge in [0.05, 0.1) is 5.92 Å². The van der Waals surface area contributed by atoms with E-state index in [1.807, 2.05) is 13.8 Å². The summed E-state index contributed by atoms with van der Waals surface area (Å²) in [5.74, 6) is -1.18. The molecule has 0 saturated carbocycles. The van der Waals surface area contributed by atoms with Gasteiger partial charge in [-0.3, -0.25) is 10.1 Å². The number of aromatic nitrogens is 1. The number of urea groups is 1. The molecule has 0 aliphatic rings. The normalized spacial score (nSPS) is 12.2. The molecule has 0 radical (unpaired) electrons. The number of nitrogens with one attached hydrogen (secondary N) is 2. The lowest BCUT2D eigenvalue weighted by atomic mass is 9.97. The summed E-state index contributed by atoms with van der Waals surface area (Å²) in [5, 5.41) is 16.3. The Kier molecular flexibility index (Phi) is 5.57. The molecule has 1 atom stereocenters. The second-order valence-electron chi connectivity index (χ2n) is 4.34. The predicted molar refractivity (Wildman–Crippen MR) is 69.7 cm³/mol. The van der Waals surface area contributed by atoms with Gasteiger partial charge in [-0.25, -0.2) is 9.78 Å². The number of carbonyl (C=O) groups excluding carboxylic acids is 1. The Labute approximate surface area is 109 Å². The fourth-order valence-electron chi connectivity index (χ4n) is 1.48. The van der Waals surface area contributed by atoms with Crippen LogP contribution < -0.4 is 10.6 Å². The van der Waals surface area contributed by atoms with Gasteiger partial charge in [0, 0.05) is 18.1 Å². The Morgan fingerprint density at radius 1 is 1.50 bits per heavy atom. The van der Waals surface area contributed by atoms with E-state index in [1.165, 1.54) is 11.3 Å². The van der Waals surface area contributed by atoms with Crippen molar-refractivity contribution in [3.05, 3.63) is 11.6 Å². The molecular formula is C11H17N3O3S. The van der Waals surface area contributed by atoms with Gasteiger partial charge >= 0.3 is 12.0 Å². The lowest BCUT2D eigenvalue weighted by Crippen LogP contribution is -2.36. The zero-order valence-electron chi connectivity index (χ0n) is 10.3. The number of aliphatic carboxylic acids is 1. The number of rotatable bonds is 6. The molecule has 1 heterocycles. The highest BCUT2D eigenvalue weighted by molar-refractivity contribution is 7.13. The predicted octanol–water partition coefficient (Wildman–Crippen LogP) is 2.01. The van der Waals surface area contributed by atoms with Crippen LogP contribution in [0.3, 0.4) is 0 Å². The average molecular weight is 271 g/mol. The number of amides is 2. The minimum atomic E-state index is -0.891. The molecule has 0 aliphatic heterocycles. The number of carboxylic acids is 1. The number of thiazole rings is 1. The molecule has 0 bridgehead atoms. The van der Waals surface area contributed by atoms with Crippen molar-refractivity contribution < 1.29 is 14.7 Å². The highest BCUT2D eigenvalue weighted by atomic mass is 32.1. The van der Waals surface area contributed by atoms with Crippen LogP contribution in [0.1, 0.15) is 20.3 Å². The van der Waals surface area contributed by atoms with Crippen LogP contribution in [0.15, 0.2) is 11.6 Å². The molecule has 1 unspecified atom stereocenters. The van der Waals surface area contributed by atoms with Crippen LogP contribution in [-0.4, -0.2) is 28.6 Å². The molecule has 0 spiro atoms. The number of hydrogen-bond acceptors (Lipinski definition) is 4. The Bertz CT molecular complexity index is 392. The van der Waals surface area contributed by atoms with Crippen LogP contribution in [0, 0.1) is 11.8 Å². The van der Waals surface area contributed by atoms with E-state index in [9.17, 15) is 9.59 Å². The summed E-state index contributed by atoms with van der Waals surface area (Å²) in [6, 6.07) is -0.431. The molecule has 1 aromatic rings. The van der Waals surface area contributed by atoms with E-state index in [-0.39, 0.29) is 12.5 Å². The van der Waals surface area contributed by atoms with Crippen molar-refractivity contribution >= 4 is 28.5 Å². The van der Waals surface area contributed by atoms with E-state index < -0.39 is 17.9 Å². The minimum absolute atomic E-state index is 0.116. The van der Waals surface area contributed by atoms with Crippen LogP contribution in [0.5, 0.6) is 0 Å². The molecule has 6 nitrogen and oxygen atoms in total. The van der Waals surface area contributed by atoms with Gasteiger partial charge in [-0.2, -0.15) is 0 Å². The first-order valence-electron chi connectivity index (χ1n) is 5.66. The van der Waals surface area contributed by atoms with Crippen LogP contribution in [-0.2, 0) is 4.79 Å². The van der Waals surface area contributed by atoms with Gasteiger partial charge in [-0.15, -0.1) is 11.3 Å². The van der Waals surface area contributed by atoms with E-state index >= 15 is 0 Å². The largest absolute Gasteiger partial charge is 0.481 e. The Balaban J connectivity index is 2.37. The van der Waals surface area contributed by atoms with Gasteiger partial charge in [-0.1, -0.05) is 13.8 Å². The van der Waals surface area contributed by atoms with Crippen molar-refractivity contribution in [3.63, 3.8) is 0 Å². The Morgan fingerprint density at radius 3 is 2.72 bits per heavy atom. The molecule has 0 aromatic carbocycles. The smallest absolute Gasteiger partial charge is 0.321 e. The fourth-order valence-corrected chi connectivity index (χ4v) is 2.01. The number of hydrogen-bond donors (Lipinski definition) is 3. The summed E-state index contributed by atoms with van der Waals surface area (Å²) in [4.78, 5) is 26.4. The first-order chi connectivity index (χ1) is 8.49. The van der Waals surface area contributed by atoms with Crippen molar-refractivity contribution in [1.82, 2.24) is 10.3 Å². The number of anilines is 1. The maximum absolute atomic E-state index is 11.5. The second-order valence-corrected chi connectivity index (χ2v) is 5.23. The molecule has 2 amide bonds. The first-order valence-corrected chi connectivity index (χ1v) is 6.54. The molecule has 0 saturated heterocycles. The van der Waals surface area contributed by atoms with Crippen molar-refractivity contribution in [2.45, 2.75) is 20.3 Å². The summed E-state index contributed by atoms with van der Waals surface area (Å²) in [5.41, 5.74) is 0. The van der Waals surface area contributed by atoms with E-state index in [1.54, 1.807) is 11.6 Å². The maximum Gasteiger partial charge on any atom is 0.321 e. The highest BCUT2D eigenvalue weighted by Crippen LogP contribution is 2.12. The van der Waals surface area contributed by atoms with Crippen molar-refractivity contribution in [1.29, 1.82) is 0 Å². The zero-order chi connectivity index (χ0) is 13.5. The van der Waals surface area contributed by atoms with Gasteiger partial charge in [-0.05, 0) is 12.3 Å². The van der Waals surface area contributed by atoms with Crippen LogP contribution in [0.2, 0.25) is 0 Å². The minimum Gasteiger partial charge on any atom is -0.481 e. The van der Waals surface area contributed by atoms with Gasteiger partial charge in [0.15, 0.2) is 5.13 Å². The fraction of sp³-hybridized carbons (Fsp3) is 0.545. The van der Waals surface area contributed by atoms with E-state index in [2.05, 4.69) is 15.6 Å². The van der Waals surface area contributed by atoms with Crippen LogP contribution in [0.4, 0.5) is 9.93 Å². The van der Waals surface area contributed by atoms with E-state index in [0.29, 0.717) is 11.6 Å². The summed E-state index contributed by atoms with van der Waals surface area (Å²) in [6.45, 7) is 4.02. The standard InChI is InChI=1S/C11H17N3O3S/c1-7(2)5-8(9(15)16)6-13-10(17)14-11-12-3-4-18-11/h3-4,7-8H,5-6H2,1-2H3,(H,15,16)(H2,12,13,14,17). The average Bonchev–Trinajstić information content (AvgIpc) is 2.76. The van der Waals surface area contributed by atoms with E-state index in [4.69, 9.17) is 5.11 Å². The molecule has 18 heavy (non-hydrogen) atoms. The first kappa shape index (κ1) is 14.4. The molecule has 7 heteroatoms. The molecule has 1 aromatic heterocycles. The van der Waals surface area contributed by atoms with Crippen LogP contribution >= 0.6 is 11.3 Å². The van der Waals surface area contributed by atoms with Gasteiger partial charge in [0.2, 0.25) is 0 Å². The summed E-state index contributed by atoms with van der Waals surface area (Å²) in [6.07, 6.45) is 2.12. The monoisotopic (exact) mass is 271 g/mol. The Hall–Kier alpha value is -1.63. The topological polar surface area (TPSA) is 91.3 Å². The van der Waals surface area contributed by atoms with Gasteiger partial charge < -0.3 is 10.4 Å². The molecule has 1 rings (SSSR count). The Morgan fingerprint density at radius 2 is 2.22 bits per heavy atom. The zero-order valence-corrected chi connectivity index (χ0v) is 11.2. The van der Waals surface area contributed by atoms with Crippen molar-refractivity contribution in [3.8, 4) is 0 Å². The molecule has 100 valence electrons. The van der Waals surface area contributed by atoms with Crippen LogP contribution in [0.25, 0.3) is 0 Å². The molecular weight excluding hydrogens is 254 g/mol. The number of nitrogens with zero attached hydrogens (tertiary/aromatic N) is 1. The second kappa shape index (κ2) is 6.95. The maximum atomic E-state index is 11.5. The molecule has 0 fully saturated rings. The summed E-state index contributed by atoms with van der Waals surface area (Å²) in [7, 11) is 0. The highest BCUT2D eigenvalue weighted by Gasteiger charge is 2.19. The summed E-state index contributed by atoms with van der Waals surface area (Å²) >= 11 is 1.30. The quantitative estimate of drug-likeness (QED) is 0.738. The van der Waals surface area contributed by atoms with Gasteiger partial charge in [0.25, 0.3) is 0 Å². The number of carbonyl (C=O) groups is 2. The van der Waals surface area contributed by atoms with Crippen molar-refractivity contribution in [2.75, 3.05) is 11.9 Å². The van der Waals surface area contributed by atoms with E-state index in [0.717, 1.165) is 0 Å². The molecule has 0 aliphatic carbocycles. The lowest BCUT2D eigenvalue weighted by Gasteiger charge is -2.15. The van der Waals surface area contributed by atoms with Gasteiger partial charge in [0.1, 0.15) is 0 Å². The SMILES string of the molecule is CC(C)CC(CNC(=O)Nc1nccs1)C(=O)O. The van der Waals surface area contributed by atoms with Crippen molar-refractivity contribution in [2.24, 2.45) is 11.8 Å². The number of carboxylic acid groups (broad SMARTS) is 1.